The fourth-order valence-electron chi connectivity index (χ4n) is 3.62. The molecule has 3 rings (SSSR count). The Morgan fingerprint density at radius 1 is 1.28 bits per heavy atom. The second-order valence-electron chi connectivity index (χ2n) is 7.40. The molecule has 1 heterocycles. The number of nitro benzene ring substituents is 1. The summed E-state index contributed by atoms with van der Waals surface area (Å²) < 4.78 is 15.3. The van der Waals surface area contributed by atoms with E-state index in [4.69, 9.17) is 14.2 Å². The SMILES string of the molecule is C[C@@H]1[C@@H](C)CCC[C@H]1NC(=O)COC(=O)/C=C/c1cc2c(cc1[N+](=O)[O-])OCO2. The van der Waals surface area contributed by atoms with Gasteiger partial charge in [0.25, 0.3) is 11.6 Å². The molecule has 1 aliphatic carbocycles. The Kier molecular flexibility index (Phi) is 6.36. The fourth-order valence-corrected chi connectivity index (χ4v) is 3.62. The van der Waals surface area contributed by atoms with Gasteiger partial charge in [-0.15, -0.1) is 0 Å². The van der Waals surface area contributed by atoms with Gasteiger partial charge in [0.2, 0.25) is 6.79 Å². The number of nitrogens with one attached hydrogen (secondary N) is 1. The zero-order valence-electron chi connectivity index (χ0n) is 16.4. The summed E-state index contributed by atoms with van der Waals surface area (Å²) in [4.78, 5) is 34.7. The van der Waals surface area contributed by atoms with Crippen LogP contribution in [-0.4, -0.2) is 36.2 Å². The lowest BCUT2D eigenvalue weighted by Gasteiger charge is -2.34. The first-order valence-corrected chi connectivity index (χ1v) is 9.57. The third-order valence-corrected chi connectivity index (χ3v) is 5.52. The number of esters is 1. The van der Waals surface area contributed by atoms with Gasteiger partial charge in [-0.25, -0.2) is 4.79 Å². The molecule has 29 heavy (non-hydrogen) atoms. The summed E-state index contributed by atoms with van der Waals surface area (Å²) in [5, 5.41) is 14.1. The summed E-state index contributed by atoms with van der Waals surface area (Å²) >= 11 is 0. The minimum absolute atomic E-state index is 0.0187. The molecule has 1 N–H and O–H groups in total. The van der Waals surface area contributed by atoms with Gasteiger partial charge in [-0.05, 0) is 30.4 Å². The molecule has 156 valence electrons. The molecule has 0 bridgehead atoms. The van der Waals surface area contributed by atoms with Gasteiger partial charge in [0.05, 0.1) is 16.6 Å². The monoisotopic (exact) mass is 404 g/mol. The van der Waals surface area contributed by atoms with Gasteiger partial charge in [-0.2, -0.15) is 0 Å². The van der Waals surface area contributed by atoms with E-state index in [1.165, 1.54) is 18.2 Å². The number of nitro groups is 1. The van der Waals surface area contributed by atoms with E-state index < -0.39 is 17.5 Å². The summed E-state index contributed by atoms with van der Waals surface area (Å²) in [7, 11) is 0. The Bertz CT molecular complexity index is 836. The van der Waals surface area contributed by atoms with Crippen LogP contribution in [0.15, 0.2) is 18.2 Å². The number of ether oxygens (including phenoxy) is 3. The van der Waals surface area contributed by atoms with Crippen LogP contribution in [0.25, 0.3) is 6.08 Å². The highest BCUT2D eigenvalue weighted by Crippen LogP contribution is 2.38. The van der Waals surface area contributed by atoms with Crippen molar-refractivity contribution >= 4 is 23.6 Å². The van der Waals surface area contributed by atoms with Crippen LogP contribution in [0, 0.1) is 22.0 Å². The zero-order chi connectivity index (χ0) is 21.0. The van der Waals surface area contributed by atoms with Gasteiger partial charge in [-0.1, -0.05) is 26.7 Å². The fraction of sp³-hybridized carbons (Fsp3) is 0.500. The third-order valence-electron chi connectivity index (χ3n) is 5.52. The van der Waals surface area contributed by atoms with Crippen molar-refractivity contribution in [1.82, 2.24) is 5.32 Å². The lowest BCUT2D eigenvalue weighted by molar-refractivity contribution is -0.385. The number of hydrogen-bond acceptors (Lipinski definition) is 7. The predicted molar refractivity (Wildman–Crippen MR) is 103 cm³/mol. The van der Waals surface area contributed by atoms with Crippen molar-refractivity contribution in [3.63, 3.8) is 0 Å². The first-order chi connectivity index (χ1) is 13.8. The Morgan fingerprint density at radius 2 is 2.00 bits per heavy atom. The van der Waals surface area contributed by atoms with Gasteiger partial charge < -0.3 is 19.5 Å². The molecule has 2 aliphatic rings. The van der Waals surface area contributed by atoms with E-state index in [1.807, 2.05) is 0 Å². The van der Waals surface area contributed by atoms with E-state index in [0.717, 1.165) is 25.3 Å². The van der Waals surface area contributed by atoms with Crippen LogP contribution in [0.5, 0.6) is 11.5 Å². The van der Waals surface area contributed by atoms with Crippen molar-refractivity contribution in [3.05, 3.63) is 33.9 Å². The number of benzene rings is 1. The Hall–Kier alpha value is -3.10. The second kappa shape index (κ2) is 8.93. The van der Waals surface area contributed by atoms with Crippen molar-refractivity contribution in [1.29, 1.82) is 0 Å². The average molecular weight is 404 g/mol. The normalized spacial score (nSPS) is 23.0. The van der Waals surface area contributed by atoms with Gasteiger partial charge in [0.15, 0.2) is 18.1 Å². The molecule has 0 saturated heterocycles. The average Bonchev–Trinajstić information content (AvgIpc) is 3.15. The molecule has 1 aliphatic heterocycles. The Labute approximate surface area is 168 Å². The number of nitrogens with zero attached hydrogens (tertiary/aromatic N) is 1. The van der Waals surface area contributed by atoms with Crippen molar-refractivity contribution in [2.45, 2.75) is 39.2 Å². The van der Waals surface area contributed by atoms with E-state index in [0.29, 0.717) is 17.6 Å². The highest BCUT2D eigenvalue weighted by molar-refractivity contribution is 5.90. The van der Waals surface area contributed by atoms with Gasteiger partial charge in [0.1, 0.15) is 0 Å². The molecule has 0 spiro atoms. The maximum atomic E-state index is 12.1. The van der Waals surface area contributed by atoms with Crippen molar-refractivity contribution in [2.75, 3.05) is 13.4 Å². The van der Waals surface area contributed by atoms with E-state index in [-0.39, 0.29) is 35.7 Å². The largest absolute Gasteiger partial charge is 0.454 e. The highest BCUT2D eigenvalue weighted by atomic mass is 16.7. The summed E-state index contributed by atoms with van der Waals surface area (Å²) in [5.41, 5.74) is -0.0536. The first kappa shape index (κ1) is 20.6. The minimum atomic E-state index is -0.767. The van der Waals surface area contributed by atoms with Crippen LogP contribution in [0.3, 0.4) is 0 Å². The van der Waals surface area contributed by atoms with Crippen LogP contribution >= 0.6 is 0 Å². The molecule has 0 aromatic heterocycles. The smallest absolute Gasteiger partial charge is 0.331 e. The summed E-state index contributed by atoms with van der Waals surface area (Å²) in [5.74, 6) is 0.425. The number of amides is 1. The lowest BCUT2D eigenvalue weighted by atomic mass is 9.78. The van der Waals surface area contributed by atoms with Crippen LogP contribution in [-0.2, 0) is 14.3 Å². The second-order valence-corrected chi connectivity index (χ2v) is 7.40. The van der Waals surface area contributed by atoms with Gasteiger partial charge >= 0.3 is 5.97 Å². The third kappa shape index (κ3) is 5.04. The van der Waals surface area contributed by atoms with Crippen molar-refractivity contribution in [3.8, 4) is 11.5 Å². The summed E-state index contributed by atoms with van der Waals surface area (Å²) in [6.45, 7) is 3.87. The van der Waals surface area contributed by atoms with Gasteiger partial charge in [0, 0.05) is 12.1 Å². The number of carbonyl (C=O) groups is 2. The molecule has 1 aromatic carbocycles. The molecule has 0 radical (unpaired) electrons. The molecule has 9 heteroatoms. The van der Waals surface area contributed by atoms with E-state index in [1.54, 1.807) is 0 Å². The van der Waals surface area contributed by atoms with Gasteiger partial charge in [-0.3, -0.25) is 14.9 Å². The number of carbonyl (C=O) groups excluding carboxylic acids is 2. The molecule has 1 fully saturated rings. The van der Waals surface area contributed by atoms with E-state index in [2.05, 4.69) is 19.2 Å². The molecule has 3 atom stereocenters. The molecule has 9 nitrogen and oxygen atoms in total. The quantitative estimate of drug-likeness (QED) is 0.335. The van der Waals surface area contributed by atoms with E-state index >= 15 is 0 Å². The maximum absolute atomic E-state index is 12.1. The van der Waals surface area contributed by atoms with Crippen molar-refractivity contribution < 1.29 is 28.7 Å². The predicted octanol–water partition coefficient (Wildman–Crippen LogP) is 2.82. The van der Waals surface area contributed by atoms with E-state index in [9.17, 15) is 19.7 Å². The highest BCUT2D eigenvalue weighted by Gasteiger charge is 2.28. The molecular formula is C20H24N2O7. The number of hydrogen-bond donors (Lipinski definition) is 1. The van der Waals surface area contributed by atoms with Crippen LogP contribution in [0.1, 0.15) is 38.7 Å². The minimum Gasteiger partial charge on any atom is -0.454 e. The van der Waals surface area contributed by atoms with Crippen molar-refractivity contribution in [2.24, 2.45) is 11.8 Å². The first-order valence-electron chi connectivity index (χ1n) is 9.57. The Balaban J connectivity index is 1.55. The molecule has 1 aromatic rings. The standard InChI is InChI=1S/C20H24N2O7/c1-12-4-3-5-15(13(12)2)21-19(23)10-27-20(24)7-6-14-8-17-18(29-11-28-17)9-16(14)22(25)26/h6-9,12-13,15H,3-5,10-11H2,1-2H3,(H,21,23)/b7-6+/t12-,13+,15+/m0/s1. The number of rotatable bonds is 6. The zero-order valence-corrected chi connectivity index (χ0v) is 16.4. The molecule has 1 amide bonds. The molecule has 0 unspecified atom stereocenters. The molecular weight excluding hydrogens is 380 g/mol. The maximum Gasteiger partial charge on any atom is 0.331 e. The Morgan fingerprint density at radius 3 is 2.72 bits per heavy atom. The number of fused-ring (bicyclic) bond motifs is 1. The van der Waals surface area contributed by atoms with Crippen LogP contribution in [0.4, 0.5) is 5.69 Å². The van der Waals surface area contributed by atoms with Crippen LogP contribution < -0.4 is 14.8 Å². The lowest BCUT2D eigenvalue weighted by Crippen LogP contribution is -2.45. The molecule has 1 saturated carbocycles. The summed E-state index contributed by atoms with van der Waals surface area (Å²) in [6, 6.07) is 2.74. The van der Waals surface area contributed by atoms with Crippen LogP contribution in [0.2, 0.25) is 0 Å². The topological polar surface area (TPSA) is 117 Å². The summed E-state index contributed by atoms with van der Waals surface area (Å²) in [6.07, 6.45) is 5.43.